The van der Waals surface area contributed by atoms with E-state index in [0.29, 0.717) is 6.42 Å². The van der Waals surface area contributed by atoms with Crippen molar-refractivity contribution >= 4 is 84.3 Å². The van der Waals surface area contributed by atoms with Gasteiger partial charge in [0.2, 0.25) is 23.6 Å². The molecule has 0 fully saturated rings. The molecule has 0 saturated heterocycles. The van der Waals surface area contributed by atoms with Crippen molar-refractivity contribution in [2.75, 3.05) is 90.5 Å². The minimum absolute atomic E-state index is 0.0166. The molecule has 24 nitrogen and oxygen atoms in total. The first-order valence-corrected chi connectivity index (χ1v) is 26.8. The van der Waals surface area contributed by atoms with Crippen molar-refractivity contribution in [2.24, 2.45) is 0 Å². The van der Waals surface area contributed by atoms with E-state index in [-0.39, 0.29) is 115 Å². The van der Waals surface area contributed by atoms with Gasteiger partial charge in [-0.25, -0.2) is 4.79 Å². The zero-order chi connectivity index (χ0) is 55.2. The number of unbranched alkanes of at least 4 members (excludes halogenated alkanes) is 13. The van der Waals surface area contributed by atoms with Gasteiger partial charge in [-0.15, -0.1) is 0 Å². The number of carbonyl (C=O) groups is 10. The average molecular weight is 1100 g/mol. The fourth-order valence-corrected chi connectivity index (χ4v) is 7.56. The van der Waals surface area contributed by atoms with Crippen molar-refractivity contribution in [3.05, 3.63) is 0 Å². The van der Waals surface area contributed by atoms with Crippen molar-refractivity contribution in [1.29, 1.82) is 0 Å². The predicted octanol–water partition coefficient (Wildman–Crippen LogP) is 1.31. The quantitative estimate of drug-likeness (QED) is 0.0302. The largest absolute Gasteiger partial charge is 0.481 e. The fraction of sp³-hybridized carbons (Fsp3) is 0.792. The van der Waals surface area contributed by atoms with Gasteiger partial charge in [-0.2, -0.15) is 25.3 Å². The Kier molecular flexibility index (Phi) is 44.2. The Bertz CT molecular complexity index is 1650. The molecule has 0 aromatic rings. The van der Waals surface area contributed by atoms with E-state index < -0.39 is 96.9 Å². The van der Waals surface area contributed by atoms with E-state index >= 15 is 0 Å². The van der Waals surface area contributed by atoms with Crippen molar-refractivity contribution in [3.8, 4) is 0 Å². The second-order valence-corrected chi connectivity index (χ2v) is 18.2. The SMILES string of the molecule is O=C(O)CCCCCCCCCCCCCCCCC(=O)N[C@@H](CCC(=O)NCCOCCOCC(=O)NCCOCCOCC(=O)NC(CCC(=O)O)C(=O)CN[C@@H](CS)C(=O)CN[C@@H](CS)C(=O)O)C(=O)O. The third-order valence-electron chi connectivity index (χ3n) is 11.2. The summed E-state index contributed by atoms with van der Waals surface area (Å²) in [6.45, 7) is -0.585. The summed E-state index contributed by atoms with van der Waals surface area (Å²) in [5.41, 5.74) is 0. The van der Waals surface area contributed by atoms with Crippen LogP contribution in [0.25, 0.3) is 0 Å². The lowest BCUT2D eigenvalue weighted by Crippen LogP contribution is -2.51. The summed E-state index contributed by atoms with van der Waals surface area (Å²) in [6.07, 6.45) is 14.5. The van der Waals surface area contributed by atoms with E-state index in [1.54, 1.807) is 0 Å². The molecule has 4 amide bonds. The van der Waals surface area contributed by atoms with Crippen LogP contribution in [0.3, 0.4) is 0 Å². The van der Waals surface area contributed by atoms with Crippen LogP contribution in [0.5, 0.6) is 0 Å². The molecule has 0 radical (unpaired) electrons. The molecule has 0 rings (SSSR count). The van der Waals surface area contributed by atoms with E-state index in [4.69, 9.17) is 34.3 Å². The normalized spacial score (nSPS) is 12.7. The molecule has 0 aromatic carbocycles. The number of aliphatic carboxylic acids is 4. The molecule has 0 aliphatic carbocycles. The third kappa shape index (κ3) is 41.9. The minimum Gasteiger partial charge on any atom is -0.481 e. The van der Waals surface area contributed by atoms with Crippen LogP contribution in [0.15, 0.2) is 0 Å². The van der Waals surface area contributed by atoms with Crippen LogP contribution in [0, 0.1) is 0 Å². The van der Waals surface area contributed by atoms with Gasteiger partial charge >= 0.3 is 23.9 Å². The van der Waals surface area contributed by atoms with E-state index in [1.165, 1.54) is 32.1 Å². The van der Waals surface area contributed by atoms with Gasteiger partial charge in [0.25, 0.3) is 0 Å². The molecule has 0 heterocycles. The van der Waals surface area contributed by atoms with Crippen LogP contribution in [0.4, 0.5) is 0 Å². The molecule has 0 aromatic heterocycles. The minimum atomic E-state index is -1.21. The molecule has 0 saturated carbocycles. The number of carboxylic acid groups (broad SMARTS) is 4. The lowest BCUT2D eigenvalue weighted by Gasteiger charge is -2.20. The van der Waals surface area contributed by atoms with Gasteiger partial charge in [-0.05, 0) is 25.7 Å². The van der Waals surface area contributed by atoms with Gasteiger partial charge in [0.15, 0.2) is 11.6 Å². The summed E-state index contributed by atoms with van der Waals surface area (Å²) in [7, 11) is 0. The highest BCUT2D eigenvalue weighted by Gasteiger charge is 2.26. The molecule has 10 N–H and O–H groups in total. The molecular weight excluding hydrogens is 1010 g/mol. The molecular formula is C48H84N6O18S2. The third-order valence-corrected chi connectivity index (χ3v) is 11.9. The predicted molar refractivity (Wildman–Crippen MR) is 277 cm³/mol. The molecule has 74 heavy (non-hydrogen) atoms. The van der Waals surface area contributed by atoms with Crippen molar-refractivity contribution < 1.29 is 87.3 Å². The summed E-state index contributed by atoms with van der Waals surface area (Å²) >= 11 is 8.03. The maximum Gasteiger partial charge on any atom is 0.326 e. The molecule has 26 heteroatoms. The number of ether oxygens (including phenoxy) is 4. The first-order chi connectivity index (χ1) is 35.5. The van der Waals surface area contributed by atoms with Gasteiger partial charge in [0.1, 0.15) is 25.3 Å². The highest BCUT2D eigenvalue weighted by atomic mass is 32.1. The van der Waals surface area contributed by atoms with E-state index in [2.05, 4.69) is 57.2 Å². The summed E-state index contributed by atoms with van der Waals surface area (Å²) in [4.78, 5) is 119. The highest BCUT2D eigenvalue weighted by molar-refractivity contribution is 7.80. The number of amides is 4. The molecule has 0 aliphatic heterocycles. The molecule has 0 bridgehead atoms. The van der Waals surface area contributed by atoms with E-state index in [9.17, 15) is 53.1 Å². The van der Waals surface area contributed by atoms with Gasteiger partial charge < -0.3 is 60.6 Å². The first-order valence-electron chi connectivity index (χ1n) is 25.6. The van der Waals surface area contributed by atoms with E-state index in [0.717, 1.165) is 51.4 Å². The van der Waals surface area contributed by atoms with Crippen molar-refractivity contribution in [1.82, 2.24) is 31.9 Å². The molecule has 426 valence electrons. The zero-order valence-corrected chi connectivity index (χ0v) is 44.5. The maximum absolute atomic E-state index is 12.9. The Morgan fingerprint density at radius 2 is 0.770 bits per heavy atom. The second-order valence-electron chi connectivity index (χ2n) is 17.4. The Morgan fingerprint density at radius 1 is 0.378 bits per heavy atom. The average Bonchev–Trinajstić information content (AvgIpc) is 3.35. The summed E-state index contributed by atoms with van der Waals surface area (Å²) in [6, 6.07) is -4.38. The van der Waals surface area contributed by atoms with Crippen LogP contribution in [0.1, 0.15) is 128 Å². The van der Waals surface area contributed by atoms with Gasteiger partial charge in [0, 0.05) is 50.3 Å². The van der Waals surface area contributed by atoms with Crippen LogP contribution in [0.2, 0.25) is 0 Å². The Hall–Kier alpha value is -4.44. The molecule has 0 aliphatic rings. The van der Waals surface area contributed by atoms with Crippen molar-refractivity contribution in [3.63, 3.8) is 0 Å². The monoisotopic (exact) mass is 1100 g/mol. The fourth-order valence-electron chi connectivity index (χ4n) is 6.94. The summed E-state index contributed by atoms with van der Waals surface area (Å²) < 4.78 is 21.3. The van der Waals surface area contributed by atoms with Crippen LogP contribution < -0.4 is 31.9 Å². The number of hydrogen-bond donors (Lipinski definition) is 12. The Labute approximate surface area is 445 Å². The highest BCUT2D eigenvalue weighted by Crippen LogP contribution is 2.14. The molecule has 0 spiro atoms. The number of nitrogens with one attached hydrogen (secondary N) is 6. The molecule has 4 atom stereocenters. The van der Waals surface area contributed by atoms with Crippen LogP contribution in [-0.4, -0.2) is 194 Å². The van der Waals surface area contributed by atoms with Crippen LogP contribution in [-0.2, 0) is 66.9 Å². The van der Waals surface area contributed by atoms with E-state index in [1.807, 2.05) is 0 Å². The van der Waals surface area contributed by atoms with Gasteiger partial charge in [0.05, 0.1) is 64.8 Å². The Morgan fingerprint density at radius 3 is 1.24 bits per heavy atom. The topological polar surface area (TPSA) is 361 Å². The van der Waals surface area contributed by atoms with Crippen molar-refractivity contribution in [2.45, 2.75) is 153 Å². The smallest absolute Gasteiger partial charge is 0.326 e. The second kappa shape index (κ2) is 47.0. The Balaban J connectivity index is 4.01. The lowest BCUT2D eigenvalue weighted by molar-refractivity contribution is -0.142. The van der Waals surface area contributed by atoms with Gasteiger partial charge in [-0.3, -0.25) is 53.8 Å². The number of thiol groups is 2. The number of carboxylic acids is 4. The first kappa shape index (κ1) is 69.6. The number of Topliss-reactive ketones (excluding diaryl/α,β-unsaturated/α-hetero) is 2. The number of ketones is 2. The standard InChI is InChI=1S/C48H84N6O18S2/c55-39(29-51-37(33-73)40(56)30-52-38(34-74)48(67)68)35(18-20-46(63)64)53-44(60)32-72-28-26-70-24-22-50-43(59)31-71-27-25-69-23-21-49-41(57)19-17-36(47(65)66)54-42(58)15-13-11-9-7-5-3-1-2-4-6-8-10-12-14-16-45(61)62/h35-38,51-52,73-74H,1-34H2,(H,49,57)(H,50,59)(H,53,60)(H,54,58)(H,61,62)(H,63,64)(H,65,66)(H,67,68)/t35?,36-,37-,38-/m0/s1. The maximum atomic E-state index is 12.9. The summed E-state index contributed by atoms with van der Waals surface area (Å²) in [5.74, 6) is -7.32. The molecule has 1 unspecified atom stereocenters. The zero-order valence-electron chi connectivity index (χ0n) is 42.7. The van der Waals surface area contributed by atoms with Crippen LogP contribution >= 0.6 is 25.3 Å². The number of hydrogen-bond acceptors (Lipinski definition) is 18. The number of rotatable bonds is 53. The summed E-state index contributed by atoms with van der Waals surface area (Å²) in [5, 5.41) is 51.9. The van der Waals surface area contributed by atoms with Gasteiger partial charge in [-0.1, -0.05) is 77.0 Å². The number of carbonyl (C=O) groups excluding carboxylic acids is 6. The lowest BCUT2D eigenvalue weighted by atomic mass is 10.0.